The van der Waals surface area contributed by atoms with Gasteiger partial charge in [0, 0.05) is 58.2 Å². The van der Waals surface area contributed by atoms with E-state index in [1.807, 2.05) is 42.1 Å². The van der Waals surface area contributed by atoms with Crippen LogP contribution in [-0.4, -0.2) is 96.0 Å². The third-order valence-electron chi connectivity index (χ3n) is 5.20. The quantitative estimate of drug-likeness (QED) is 0.766. The van der Waals surface area contributed by atoms with E-state index in [4.69, 9.17) is 4.74 Å². The summed E-state index contributed by atoms with van der Waals surface area (Å²) >= 11 is 0. The Bertz CT molecular complexity index is 513. The van der Waals surface area contributed by atoms with Gasteiger partial charge in [0.05, 0.1) is 13.2 Å². The molecule has 2 fully saturated rings. The number of hydrogen-bond acceptors (Lipinski definition) is 5. The lowest BCUT2D eigenvalue weighted by Gasteiger charge is -2.39. The number of morpholine rings is 1. The summed E-state index contributed by atoms with van der Waals surface area (Å²) in [5.74, 6) is 0.136. The molecule has 7 nitrogen and oxygen atoms in total. The van der Waals surface area contributed by atoms with Gasteiger partial charge < -0.3 is 19.4 Å². The van der Waals surface area contributed by atoms with Crippen LogP contribution < -0.4 is 0 Å². The highest BCUT2D eigenvalue weighted by Gasteiger charge is 2.32. The molecule has 2 aliphatic heterocycles. The second-order valence-electron chi connectivity index (χ2n) is 6.91. The van der Waals surface area contributed by atoms with Crippen LogP contribution in [0.1, 0.15) is 12.8 Å². The molecule has 134 valence electrons. The summed E-state index contributed by atoms with van der Waals surface area (Å²) < 4.78 is 7.64. The van der Waals surface area contributed by atoms with Crippen molar-refractivity contribution in [3.63, 3.8) is 0 Å². The highest BCUT2D eigenvalue weighted by atomic mass is 16.5. The van der Waals surface area contributed by atoms with Gasteiger partial charge in [0.15, 0.2) is 0 Å². The summed E-state index contributed by atoms with van der Waals surface area (Å²) in [7, 11) is 3.98. The molecule has 1 amide bonds. The first-order valence-corrected chi connectivity index (χ1v) is 8.90. The predicted molar refractivity (Wildman–Crippen MR) is 91.7 cm³/mol. The molecule has 0 saturated carbocycles. The third kappa shape index (κ3) is 4.34. The Kier molecular flexibility index (Phi) is 5.86. The number of ether oxygens (including phenoxy) is 1. The van der Waals surface area contributed by atoms with Crippen molar-refractivity contribution in [1.29, 1.82) is 0 Å². The van der Waals surface area contributed by atoms with Crippen molar-refractivity contribution in [2.45, 2.75) is 31.5 Å². The third-order valence-corrected chi connectivity index (χ3v) is 5.20. The molecule has 7 heteroatoms. The van der Waals surface area contributed by atoms with E-state index in [-0.39, 0.29) is 12.0 Å². The van der Waals surface area contributed by atoms with Gasteiger partial charge in [-0.3, -0.25) is 9.48 Å². The van der Waals surface area contributed by atoms with Gasteiger partial charge in [-0.05, 0) is 26.0 Å². The molecule has 1 aromatic rings. The average molecular weight is 335 g/mol. The van der Waals surface area contributed by atoms with Gasteiger partial charge in [-0.25, -0.2) is 0 Å². The lowest BCUT2D eigenvalue weighted by atomic mass is 10.0. The maximum atomic E-state index is 12.7. The van der Waals surface area contributed by atoms with Crippen LogP contribution in [0, 0.1) is 0 Å². The zero-order chi connectivity index (χ0) is 16.9. The number of hydrogen-bond donors (Lipinski definition) is 0. The van der Waals surface area contributed by atoms with Crippen LogP contribution >= 0.6 is 0 Å². The van der Waals surface area contributed by atoms with Crippen molar-refractivity contribution in [3.05, 3.63) is 18.5 Å². The van der Waals surface area contributed by atoms with Crippen molar-refractivity contribution in [2.75, 3.05) is 53.4 Å². The minimum Gasteiger partial charge on any atom is -0.366 e. The van der Waals surface area contributed by atoms with Gasteiger partial charge in [-0.2, -0.15) is 5.10 Å². The van der Waals surface area contributed by atoms with Gasteiger partial charge in [0.2, 0.25) is 0 Å². The molecule has 3 heterocycles. The maximum Gasteiger partial charge on any atom is 0.253 e. The van der Waals surface area contributed by atoms with Crippen molar-refractivity contribution < 1.29 is 9.53 Å². The van der Waals surface area contributed by atoms with Crippen LogP contribution in [0.15, 0.2) is 18.5 Å². The van der Waals surface area contributed by atoms with Gasteiger partial charge in [0.1, 0.15) is 6.10 Å². The van der Waals surface area contributed by atoms with Crippen LogP contribution in [0.3, 0.4) is 0 Å². The smallest absolute Gasteiger partial charge is 0.253 e. The number of likely N-dealkylation sites (N-methyl/N-ethyl adjacent to an activating group) is 2. The summed E-state index contributed by atoms with van der Waals surface area (Å²) in [4.78, 5) is 19.2. The predicted octanol–water partition coefficient (Wildman–Crippen LogP) is 0.137. The molecule has 0 N–H and O–H groups in total. The fourth-order valence-electron chi connectivity index (χ4n) is 3.54. The van der Waals surface area contributed by atoms with E-state index >= 15 is 0 Å². The van der Waals surface area contributed by atoms with E-state index in [0.29, 0.717) is 19.2 Å². The fourth-order valence-corrected chi connectivity index (χ4v) is 3.54. The van der Waals surface area contributed by atoms with Gasteiger partial charge in [-0.1, -0.05) is 0 Å². The molecule has 2 saturated heterocycles. The molecule has 0 radical (unpaired) electrons. The van der Waals surface area contributed by atoms with E-state index in [1.54, 1.807) is 0 Å². The van der Waals surface area contributed by atoms with E-state index in [0.717, 1.165) is 45.6 Å². The highest BCUT2D eigenvalue weighted by molar-refractivity contribution is 5.81. The Morgan fingerprint density at radius 3 is 2.75 bits per heavy atom. The number of piperidine rings is 1. The first-order valence-electron chi connectivity index (χ1n) is 8.90. The van der Waals surface area contributed by atoms with Gasteiger partial charge >= 0.3 is 0 Å². The Morgan fingerprint density at radius 2 is 2.08 bits per heavy atom. The first-order chi connectivity index (χ1) is 11.6. The van der Waals surface area contributed by atoms with E-state index in [1.165, 1.54) is 0 Å². The molecule has 0 unspecified atom stereocenters. The summed E-state index contributed by atoms with van der Waals surface area (Å²) in [6.07, 6.45) is 5.58. The molecular formula is C17H29N5O2. The van der Waals surface area contributed by atoms with Crippen LogP contribution in [0.4, 0.5) is 0 Å². The lowest BCUT2D eigenvalue weighted by molar-refractivity contribution is -0.150. The Labute approximate surface area is 144 Å². The molecule has 0 bridgehead atoms. The first kappa shape index (κ1) is 17.4. The summed E-state index contributed by atoms with van der Waals surface area (Å²) in [5, 5.41) is 4.24. The molecule has 0 spiro atoms. The number of amides is 1. The summed E-state index contributed by atoms with van der Waals surface area (Å²) in [6, 6.07) is 2.28. The minimum absolute atomic E-state index is 0.136. The topological polar surface area (TPSA) is 53.8 Å². The zero-order valence-electron chi connectivity index (χ0n) is 14.8. The number of nitrogens with zero attached hydrogens (tertiary/aromatic N) is 5. The van der Waals surface area contributed by atoms with Crippen LogP contribution in [-0.2, 0) is 16.1 Å². The summed E-state index contributed by atoms with van der Waals surface area (Å²) in [5.41, 5.74) is 0. The van der Waals surface area contributed by atoms with Crippen LogP contribution in [0.2, 0.25) is 0 Å². The number of aromatic nitrogens is 2. The lowest BCUT2D eigenvalue weighted by Crippen LogP contribution is -2.53. The van der Waals surface area contributed by atoms with E-state index in [9.17, 15) is 4.79 Å². The minimum atomic E-state index is -0.299. The van der Waals surface area contributed by atoms with E-state index < -0.39 is 0 Å². The van der Waals surface area contributed by atoms with Crippen LogP contribution in [0.25, 0.3) is 0 Å². The molecule has 1 atom stereocenters. The number of carbonyl (C=O) groups excluding carboxylic acids is 1. The molecule has 2 aliphatic rings. The molecule has 3 rings (SSSR count). The largest absolute Gasteiger partial charge is 0.366 e. The zero-order valence-corrected chi connectivity index (χ0v) is 14.8. The molecular weight excluding hydrogens is 306 g/mol. The number of rotatable bonds is 5. The molecule has 1 aromatic heterocycles. The fraction of sp³-hybridized carbons (Fsp3) is 0.765. The van der Waals surface area contributed by atoms with Crippen molar-refractivity contribution >= 4 is 5.91 Å². The van der Waals surface area contributed by atoms with Gasteiger partial charge in [0.25, 0.3) is 5.91 Å². The maximum absolute atomic E-state index is 12.7. The number of carbonyl (C=O) groups is 1. The number of likely N-dealkylation sites (tertiary alicyclic amines) is 1. The SMILES string of the molecule is CN1CCO[C@H](C(=O)N(C)C2CCN(CCn3cccn3)CC2)C1. The van der Waals surface area contributed by atoms with Crippen molar-refractivity contribution in [3.8, 4) is 0 Å². The summed E-state index contributed by atoms with van der Waals surface area (Å²) in [6.45, 7) is 6.27. The second-order valence-corrected chi connectivity index (χ2v) is 6.91. The Hall–Kier alpha value is -1.44. The van der Waals surface area contributed by atoms with Crippen molar-refractivity contribution in [2.24, 2.45) is 0 Å². The van der Waals surface area contributed by atoms with Gasteiger partial charge in [-0.15, -0.1) is 0 Å². The normalized spacial score (nSPS) is 24.2. The Morgan fingerprint density at radius 1 is 1.29 bits per heavy atom. The molecule has 0 aliphatic carbocycles. The molecule has 0 aromatic carbocycles. The van der Waals surface area contributed by atoms with E-state index in [2.05, 4.69) is 14.9 Å². The monoisotopic (exact) mass is 335 g/mol. The highest BCUT2D eigenvalue weighted by Crippen LogP contribution is 2.17. The Balaban J connectivity index is 1.42. The average Bonchev–Trinajstić information content (AvgIpc) is 3.13. The molecule has 24 heavy (non-hydrogen) atoms. The standard InChI is InChI=1S/C17H29N5O2/c1-19-12-13-24-16(14-19)17(23)20(2)15-4-8-21(9-5-15)10-11-22-7-3-6-18-22/h3,6-7,15-16H,4-5,8-14H2,1-2H3/t16-/m0/s1. The van der Waals surface area contributed by atoms with Crippen molar-refractivity contribution in [1.82, 2.24) is 24.5 Å². The van der Waals surface area contributed by atoms with Crippen LogP contribution in [0.5, 0.6) is 0 Å². The second kappa shape index (κ2) is 8.09.